The highest BCUT2D eigenvalue weighted by atomic mass is 16.5. The Bertz CT molecular complexity index is 650. The summed E-state index contributed by atoms with van der Waals surface area (Å²) >= 11 is 0. The number of nitrogens with two attached hydrogens (primary N) is 4. The quantitative estimate of drug-likeness (QED) is 0.234. The molecule has 11 heteroatoms. The lowest BCUT2D eigenvalue weighted by molar-refractivity contribution is -0.142. The molecule has 1 aromatic heterocycles. The zero-order valence-corrected chi connectivity index (χ0v) is 14.6. The number of hydrogen-bond acceptors (Lipinski definition) is 11. The molecule has 1 rings (SSSR count). The Labute approximate surface area is 150 Å². The summed E-state index contributed by atoms with van der Waals surface area (Å²) in [4.78, 5) is 26.7. The second-order valence-corrected chi connectivity index (χ2v) is 5.07. The van der Waals surface area contributed by atoms with Gasteiger partial charge >= 0.3 is 11.9 Å². The van der Waals surface area contributed by atoms with E-state index in [-0.39, 0.29) is 24.5 Å². The van der Waals surface area contributed by atoms with Crippen LogP contribution in [0.15, 0.2) is 30.6 Å². The second-order valence-electron chi connectivity index (χ2n) is 5.07. The van der Waals surface area contributed by atoms with Crippen molar-refractivity contribution in [3.8, 4) is 0 Å². The van der Waals surface area contributed by atoms with Crippen LogP contribution < -0.4 is 23.2 Å². The fraction of sp³-hybridized carbons (Fsp3) is 0.267. The topological polar surface area (TPSA) is 176 Å². The highest BCUT2D eigenvalue weighted by molar-refractivity contribution is 5.72. The van der Waals surface area contributed by atoms with Crippen LogP contribution in [0.25, 0.3) is 11.4 Å². The van der Waals surface area contributed by atoms with E-state index in [1.165, 1.54) is 26.6 Å². The van der Waals surface area contributed by atoms with E-state index in [1.54, 1.807) is 18.2 Å². The van der Waals surface area contributed by atoms with Gasteiger partial charge in [-0.1, -0.05) is 6.07 Å². The predicted molar refractivity (Wildman–Crippen MR) is 94.4 cm³/mol. The van der Waals surface area contributed by atoms with Crippen LogP contribution >= 0.6 is 0 Å². The van der Waals surface area contributed by atoms with Gasteiger partial charge in [0.2, 0.25) is 0 Å². The number of rotatable bonds is 8. The molecule has 0 radical (unpaired) electrons. The van der Waals surface area contributed by atoms with Crippen molar-refractivity contribution in [2.24, 2.45) is 23.2 Å². The maximum atomic E-state index is 11.2. The maximum absolute atomic E-state index is 11.2. The van der Waals surface area contributed by atoms with E-state index in [4.69, 9.17) is 23.2 Å². The molecule has 0 spiro atoms. The van der Waals surface area contributed by atoms with Gasteiger partial charge in [-0.25, -0.2) is 16.7 Å². The first kappa shape index (κ1) is 20.7. The van der Waals surface area contributed by atoms with Crippen LogP contribution in [0.3, 0.4) is 0 Å². The van der Waals surface area contributed by atoms with Crippen molar-refractivity contribution in [2.45, 2.75) is 0 Å². The van der Waals surface area contributed by atoms with Crippen molar-refractivity contribution in [2.75, 3.05) is 27.3 Å². The van der Waals surface area contributed by atoms with Crippen LogP contribution in [0.5, 0.6) is 0 Å². The first-order valence-electron chi connectivity index (χ1n) is 7.35. The Hall–Kier alpha value is -3.31. The fourth-order valence-electron chi connectivity index (χ4n) is 1.76. The Kier molecular flexibility index (Phi) is 7.86. The Morgan fingerprint density at radius 3 is 1.69 bits per heavy atom. The number of aromatic nitrogens is 1. The molecule has 0 saturated carbocycles. The zero-order chi connectivity index (χ0) is 19.7. The lowest BCUT2D eigenvalue weighted by atomic mass is 10.2. The van der Waals surface area contributed by atoms with Gasteiger partial charge in [0, 0.05) is 12.4 Å². The number of hydrogen-bond donors (Lipinski definition) is 4. The van der Waals surface area contributed by atoms with Crippen LogP contribution in [-0.2, 0) is 19.1 Å². The average molecular weight is 365 g/mol. The van der Waals surface area contributed by atoms with Gasteiger partial charge in [0.05, 0.1) is 37.0 Å². The third-order valence-electron chi connectivity index (χ3n) is 3.03. The summed E-state index contributed by atoms with van der Waals surface area (Å²) in [7, 11) is 2.51. The average Bonchev–Trinajstić information content (AvgIpc) is 2.61. The number of esters is 2. The van der Waals surface area contributed by atoms with Crippen LogP contribution in [-0.4, -0.2) is 54.2 Å². The first-order chi connectivity index (χ1) is 12.3. The van der Waals surface area contributed by atoms with Gasteiger partial charge in [0.15, 0.2) is 0 Å². The number of methoxy groups -OCH3 is 2. The molecule has 0 aromatic carbocycles. The molecule has 0 aliphatic heterocycles. The maximum Gasteiger partial charge on any atom is 0.326 e. The predicted octanol–water partition coefficient (Wildman–Crippen LogP) is -1.71. The van der Waals surface area contributed by atoms with Crippen LogP contribution in [0.4, 0.5) is 0 Å². The minimum atomic E-state index is -0.515. The molecule has 26 heavy (non-hydrogen) atoms. The fourth-order valence-corrected chi connectivity index (χ4v) is 1.76. The van der Waals surface area contributed by atoms with Gasteiger partial charge in [-0.2, -0.15) is 0 Å². The van der Waals surface area contributed by atoms with Gasteiger partial charge < -0.3 is 31.0 Å². The Morgan fingerprint density at radius 1 is 0.962 bits per heavy atom. The third-order valence-corrected chi connectivity index (χ3v) is 3.03. The highest BCUT2D eigenvalue weighted by Crippen LogP contribution is 2.11. The van der Waals surface area contributed by atoms with Crippen molar-refractivity contribution in [3.05, 3.63) is 42.0 Å². The van der Waals surface area contributed by atoms with E-state index < -0.39 is 11.9 Å². The molecule has 0 aliphatic rings. The molecule has 0 fully saturated rings. The van der Waals surface area contributed by atoms with Crippen LogP contribution in [0, 0.1) is 0 Å². The van der Waals surface area contributed by atoms with Gasteiger partial charge in [-0.3, -0.25) is 9.59 Å². The highest BCUT2D eigenvalue weighted by Gasteiger charge is 2.09. The molecule has 0 saturated heterocycles. The van der Waals surface area contributed by atoms with E-state index in [2.05, 4.69) is 14.5 Å². The van der Waals surface area contributed by atoms with Gasteiger partial charge in [0.25, 0.3) is 0 Å². The lowest BCUT2D eigenvalue weighted by Crippen LogP contribution is -2.32. The van der Waals surface area contributed by atoms with Crippen LogP contribution in [0.1, 0.15) is 11.4 Å². The molecule has 0 amide bonds. The second kappa shape index (κ2) is 9.86. The molecule has 1 heterocycles. The molecule has 0 unspecified atom stereocenters. The number of nitrogens with zero attached hydrogens (tertiary/aromatic N) is 3. The molecule has 142 valence electrons. The van der Waals surface area contributed by atoms with E-state index in [1.807, 2.05) is 0 Å². The summed E-state index contributed by atoms with van der Waals surface area (Å²) in [5, 5.41) is 2.15. The van der Waals surface area contributed by atoms with Crippen molar-refractivity contribution in [3.63, 3.8) is 0 Å². The molecule has 8 N–H and O–H groups in total. The molecule has 11 nitrogen and oxygen atoms in total. The monoisotopic (exact) mass is 365 g/mol. The summed E-state index contributed by atoms with van der Waals surface area (Å²) in [6.07, 6.45) is 2.69. The summed E-state index contributed by atoms with van der Waals surface area (Å²) in [6.45, 7) is -0.344. The third kappa shape index (κ3) is 6.67. The lowest BCUT2D eigenvalue weighted by Gasteiger charge is -2.14. The largest absolute Gasteiger partial charge is 0.468 e. The standard InChI is InChI=1S/C15H23N7O4/c1-25-14(23)8-21(18)6-10(16)12-4-3-5-13(20-12)11(17)7-22(19)9-15(24)26-2/h3-7H,8-9,16-19H2,1-2H3/b10-6-,11-7-. The zero-order valence-electron chi connectivity index (χ0n) is 14.6. The number of pyridine rings is 1. The number of hydrazine groups is 2. The summed E-state index contributed by atoms with van der Waals surface area (Å²) < 4.78 is 9.02. The summed E-state index contributed by atoms with van der Waals surface area (Å²) in [5.74, 6) is 10.3. The van der Waals surface area contributed by atoms with Crippen molar-refractivity contribution >= 4 is 23.3 Å². The number of carbonyl (C=O) groups is 2. The number of ether oxygens (including phenoxy) is 2. The Balaban J connectivity index is 2.92. The molecular weight excluding hydrogens is 342 g/mol. The van der Waals surface area contributed by atoms with Gasteiger partial charge in [-0.05, 0) is 12.1 Å². The van der Waals surface area contributed by atoms with Crippen molar-refractivity contribution in [1.29, 1.82) is 0 Å². The molecule has 0 aliphatic carbocycles. The molecule has 1 aromatic rings. The van der Waals surface area contributed by atoms with E-state index in [9.17, 15) is 9.59 Å². The van der Waals surface area contributed by atoms with E-state index in [0.29, 0.717) is 11.4 Å². The Morgan fingerprint density at radius 2 is 1.35 bits per heavy atom. The van der Waals surface area contributed by atoms with Gasteiger partial charge in [0.1, 0.15) is 13.1 Å². The minimum Gasteiger partial charge on any atom is -0.468 e. The SMILES string of the molecule is COC(=O)CN(N)/C=C(\N)c1cccc(/C(N)=C/N(N)CC(=O)OC)n1. The molecular formula is C15H23N7O4. The molecule has 0 atom stereocenters. The summed E-state index contributed by atoms with van der Waals surface area (Å²) in [6, 6.07) is 4.97. The normalized spacial score (nSPS) is 11.7. The van der Waals surface area contributed by atoms with Crippen molar-refractivity contribution < 1.29 is 19.1 Å². The van der Waals surface area contributed by atoms with Crippen LogP contribution in [0.2, 0.25) is 0 Å². The van der Waals surface area contributed by atoms with Crippen molar-refractivity contribution in [1.82, 2.24) is 15.0 Å². The van der Waals surface area contributed by atoms with E-state index in [0.717, 1.165) is 10.0 Å². The van der Waals surface area contributed by atoms with E-state index >= 15 is 0 Å². The van der Waals surface area contributed by atoms with Gasteiger partial charge in [-0.15, -0.1) is 0 Å². The summed E-state index contributed by atoms with van der Waals surface area (Å²) in [5.41, 5.74) is 13.1. The first-order valence-corrected chi connectivity index (χ1v) is 7.35. The minimum absolute atomic E-state index is 0.172. The smallest absolute Gasteiger partial charge is 0.326 e. The molecule has 0 bridgehead atoms. The number of carbonyl (C=O) groups excluding carboxylic acids is 2.